The summed E-state index contributed by atoms with van der Waals surface area (Å²) in [4.78, 5) is 29.4. The van der Waals surface area contributed by atoms with Gasteiger partial charge in [-0.05, 0) is 5.92 Å². The van der Waals surface area contributed by atoms with Gasteiger partial charge in [0.15, 0.2) is 5.65 Å². The molecular formula is C10H12N4O2S. The zero-order valence-electron chi connectivity index (χ0n) is 9.43. The van der Waals surface area contributed by atoms with Crippen LogP contribution in [0.5, 0.6) is 0 Å². The van der Waals surface area contributed by atoms with Crippen LogP contribution in [0.3, 0.4) is 0 Å². The van der Waals surface area contributed by atoms with Crippen molar-refractivity contribution >= 4 is 33.8 Å². The molecule has 0 aliphatic carbocycles. The van der Waals surface area contributed by atoms with Gasteiger partial charge in [0.25, 0.3) is 5.56 Å². The normalized spacial score (nSPS) is 11.9. The number of fused-ring (bicyclic) bond motifs is 1. The van der Waals surface area contributed by atoms with Gasteiger partial charge >= 0.3 is 4.87 Å². The van der Waals surface area contributed by atoms with Crippen LogP contribution in [0.15, 0.2) is 15.7 Å². The van der Waals surface area contributed by atoms with Crippen molar-refractivity contribution < 1.29 is 0 Å². The molecule has 0 amide bonds. The van der Waals surface area contributed by atoms with E-state index in [1.54, 1.807) is 6.20 Å². The van der Waals surface area contributed by atoms with Crippen LogP contribution in [0.4, 0.5) is 5.95 Å². The first-order valence-corrected chi connectivity index (χ1v) is 5.90. The molecule has 2 heterocycles. The van der Waals surface area contributed by atoms with Crippen LogP contribution in [0.2, 0.25) is 0 Å². The van der Waals surface area contributed by atoms with E-state index in [9.17, 15) is 9.59 Å². The molecule has 2 rings (SSSR count). The quantitative estimate of drug-likeness (QED) is 0.828. The molecule has 6 nitrogen and oxygen atoms in total. The summed E-state index contributed by atoms with van der Waals surface area (Å²) >= 11 is 0.860. The molecule has 7 heteroatoms. The number of hydrogen-bond donors (Lipinski definition) is 2. The van der Waals surface area contributed by atoms with Gasteiger partial charge in [-0.25, -0.2) is 0 Å². The van der Waals surface area contributed by atoms with Gasteiger partial charge < -0.3 is 5.73 Å². The number of aromatic nitrogens is 3. The van der Waals surface area contributed by atoms with E-state index in [1.807, 2.05) is 19.9 Å². The van der Waals surface area contributed by atoms with E-state index in [1.165, 1.54) is 4.57 Å². The van der Waals surface area contributed by atoms with E-state index in [0.29, 0.717) is 11.6 Å². The Morgan fingerprint density at radius 2 is 2.18 bits per heavy atom. The minimum Gasteiger partial charge on any atom is -0.369 e. The van der Waals surface area contributed by atoms with Gasteiger partial charge in [0.1, 0.15) is 4.70 Å². The number of H-pyrrole nitrogens is 1. The fourth-order valence-electron chi connectivity index (χ4n) is 1.34. The van der Waals surface area contributed by atoms with Crippen LogP contribution in [0.25, 0.3) is 16.5 Å². The molecule has 3 N–H and O–H groups in total. The summed E-state index contributed by atoms with van der Waals surface area (Å²) in [6.07, 6.45) is 3.48. The number of thiazole rings is 1. The van der Waals surface area contributed by atoms with Crippen molar-refractivity contribution in [2.45, 2.75) is 13.8 Å². The number of nitrogens with one attached hydrogen (secondary N) is 1. The summed E-state index contributed by atoms with van der Waals surface area (Å²) in [5, 5.41) is 0. The number of anilines is 1. The highest BCUT2D eigenvalue weighted by Gasteiger charge is 2.11. The van der Waals surface area contributed by atoms with Gasteiger partial charge in [0, 0.05) is 6.20 Å². The number of rotatable bonds is 2. The highest BCUT2D eigenvalue weighted by atomic mass is 32.1. The molecule has 90 valence electrons. The maximum Gasteiger partial charge on any atom is 0.313 e. The lowest BCUT2D eigenvalue weighted by molar-refractivity contribution is 0.831. The number of nitrogens with two attached hydrogens (primary N) is 1. The number of nitrogens with zero attached hydrogens (tertiary/aromatic N) is 2. The average molecular weight is 252 g/mol. The van der Waals surface area contributed by atoms with Crippen molar-refractivity contribution in [1.29, 1.82) is 0 Å². The third-order valence-corrected chi connectivity index (χ3v) is 3.05. The number of hydrogen-bond acceptors (Lipinski definition) is 5. The van der Waals surface area contributed by atoms with Crippen molar-refractivity contribution in [2.75, 3.05) is 5.73 Å². The molecule has 2 aromatic rings. The predicted molar refractivity (Wildman–Crippen MR) is 69.1 cm³/mol. The third-order valence-electron chi connectivity index (χ3n) is 2.11. The number of aromatic amines is 1. The van der Waals surface area contributed by atoms with Crippen molar-refractivity contribution in [3.63, 3.8) is 0 Å². The fraction of sp³-hybridized carbons (Fsp3) is 0.300. The van der Waals surface area contributed by atoms with Crippen molar-refractivity contribution in [3.05, 3.63) is 26.1 Å². The molecule has 17 heavy (non-hydrogen) atoms. The van der Waals surface area contributed by atoms with E-state index in [0.717, 1.165) is 11.3 Å². The Morgan fingerprint density at radius 1 is 1.47 bits per heavy atom. The van der Waals surface area contributed by atoms with Gasteiger partial charge in [-0.15, -0.1) is 0 Å². The lowest BCUT2D eigenvalue weighted by Crippen LogP contribution is -2.12. The van der Waals surface area contributed by atoms with E-state index in [-0.39, 0.29) is 21.1 Å². The maximum absolute atomic E-state index is 11.7. The van der Waals surface area contributed by atoms with Gasteiger partial charge in [-0.2, -0.15) is 4.98 Å². The van der Waals surface area contributed by atoms with Crippen molar-refractivity contribution in [2.24, 2.45) is 5.92 Å². The monoisotopic (exact) mass is 252 g/mol. The molecule has 0 atom stereocenters. The van der Waals surface area contributed by atoms with Gasteiger partial charge in [-0.1, -0.05) is 31.3 Å². The van der Waals surface area contributed by atoms with Crippen LogP contribution in [0, 0.1) is 5.92 Å². The molecule has 0 aliphatic rings. The van der Waals surface area contributed by atoms with Crippen LogP contribution in [0.1, 0.15) is 13.8 Å². The molecule has 0 fully saturated rings. The van der Waals surface area contributed by atoms with Gasteiger partial charge in [0.2, 0.25) is 5.95 Å². The first-order chi connectivity index (χ1) is 7.99. The second-order valence-electron chi connectivity index (χ2n) is 3.93. The largest absolute Gasteiger partial charge is 0.369 e. The van der Waals surface area contributed by atoms with E-state index in [4.69, 9.17) is 5.73 Å². The Labute approximate surface area is 100 Å². The Hall–Kier alpha value is -1.89. The molecule has 0 saturated heterocycles. The summed E-state index contributed by atoms with van der Waals surface area (Å²) < 4.78 is 1.63. The molecule has 0 spiro atoms. The summed E-state index contributed by atoms with van der Waals surface area (Å²) in [7, 11) is 0. The Bertz CT molecular complexity index is 692. The number of nitrogen functional groups attached to an aromatic ring is 1. The summed E-state index contributed by atoms with van der Waals surface area (Å²) in [6.45, 7) is 3.98. The van der Waals surface area contributed by atoms with E-state index in [2.05, 4.69) is 9.97 Å². The smallest absolute Gasteiger partial charge is 0.313 e. The molecule has 0 aromatic carbocycles. The third kappa shape index (κ3) is 2.14. The first-order valence-electron chi connectivity index (χ1n) is 5.08. The standard InChI is InChI=1S/C10H12N4O2S/c1-5(2)3-4-14-7-6(17-10(14)16)8(15)13-9(11)12-7/h3-5H,1-2H3,(H3,11,12,13,15)/b4-3+. The maximum atomic E-state index is 11.7. The first kappa shape index (κ1) is 11.6. The van der Waals surface area contributed by atoms with Crippen LogP contribution in [-0.4, -0.2) is 14.5 Å². The molecular weight excluding hydrogens is 240 g/mol. The van der Waals surface area contributed by atoms with E-state index >= 15 is 0 Å². The zero-order chi connectivity index (χ0) is 12.6. The highest BCUT2D eigenvalue weighted by molar-refractivity contribution is 7.16. The molecule has 2 aromatic heterocycles. The zero-order valence-corrected chi connectivity index (χ0v) is 10.2. The Balaban J connectivity index is 2.75. The lowest BCUT2D eigenvalue weighted by atomic mass is 10.2. The van der Waals surface area contributed by atoms with Crippen LogP contribution in [-0.2, 0) is 0 Å². The summed E-state index contributed by atoms with van der Waals surface area (Å²) in [5.74, 6) is 0.309. The molecule has 0 bridgehead atoms. The van der Waals surface area contributed by atoms with Gasteiger partial charge in [0.05, 0.1) is 0 Å². The molecule has 0 saturated carbocycles. The highest BCUT2D eigenvalue weighted by Crippen LogP contribution is 2.11. The second-order valence-corrected chi connectivity index (χ2v) is 4.89. The fourth-order valence-corrected chi connectivity index (χ4v) is 2.13. The van der Waals surface area contributed by atoms with Crippen LogP contribution < -0.4 is 16.2 Å². The lowest BCUT2D eigenvalue weighted by Gasteiger charge is -1.97. The minimum absolute atomic E-state index is 0.00648. The Kier molecular flexibility index (Phi) is 2.84. The molecule has 0 radical (unpaired) electrons. The summed E-state index contributed by atoms with van der Waals surface area (Å²) in [5.41, 5.74) is 5.38. The second kappa shape index (κ2) is 4.17. The number of allylic oxidation sites excluding steroid dienone is 1. The summed E-state index contributed by atoms with van der Waals surface area (Å²) in [6, 6.07) is 0. The van der Waals surface area contributed by atoms with Crippen LogP contribution >= 0.6 is 11.3 Å². The SMILES string of the molecule is CC(C)/C=C/n1c(=O)sc2c(=O)[nH]c(N)nc21. The van der Waals surface area contributed by atoms with E-state index < -0.39 is 0 Å². The predicted octanol–water partition coefficient (Wildman–Crippen LogP) is 0.855. The topological polar surface area (TPSA) is 93.8 Å². The molecule has 0 aliphatic heterocycles. The van der Waals surface area contributed by atoms with Crippen molar-refractivity contribution in [1.82, 2.24) is 14.5 Å². The van der Waals surface area contributed by atoms with Gasteiger partial charge in [-0.3, -0.25) is 19.1 Å². The minimum atomic E-state index is -0.383. The average Bonchev–Trinajstić information content (AvgIpc) is 2.52. The molecule has 0 unspecified atom stereocenters. The Morgan fingerprint density at radius 3 is 2.82 bits per heavy atom. The van der Waals surface area contributed by atoms with Crippen molar-refractivity contribution in [3.8, 4) is 0 Å².